The van der Waals surface area contributed by atoms with Crippen LogP contribution >= 0.6 is 15.9 Å². The Morgan fingerprint density at radius 2 is 1.68 bits per heavy atom. The van der Waals surface area contributed by atoms with Gasteiger partial charge in [0.1, 0.15) is 0 Å². The minimum atomic E-state index is 0.650. The van der Waals surface area contributed by atoms with Crippen molar-refractivity contribution in [3.8, 4) is 6.07 Å². The molecule has 0 saturated carbocycles. The fourth-order valence-corrected chi connectivity index (χ4v) is 3.62. The number of benzene rings is 2. The second-order valence-electron chi connectivity index (χ2n) is 6.24. The summed E-state index contributed by atoms with van der Waals surface area (Å²) in [6, 6.07) is 16.3. The van der Waals surface area contributed by atoms with Crippen molar-refractivity contribution < 1.29 is 0 Å². The van der Waals surface area contributed by atoms with Gasteiger partial charge in [-0.3, -0.25) is 0 Å². The number of rotatable bonds is 2. The number of anilines is 2. The summed E-state index contributed by atoms with van der Waals surface area (Å²) in [6.45, 7) is 3.79. The molecule has 6 heteroatoms. The Hall–Kier alpha value is -2.52. The number of hydrogen-bond acceptors (Lipinski definition) is 4. The molecule has 2 heterocycles. The van der Waals surface area contributed by atoms with Gasteiger partial charge in [-0.15, -0.1) is 0 Å². The largest absolute Gasteiger partial charge is 0.368 e. The fraction of sp³-hybridized carbons (Fsp3) is 0.263. The van der Waals surface area contributed by atoms with Gasteiger partial charge in [-0.2, -0.15) is 5.26 Å². The van der Waals surface area contributed by atoms with E-state index in [0.717, 1.165) is 47.6 Å². The highest BCUT2D eigenvalue weighted by atomic mass is 79.9. The van der Waals surface area contributed by atoms with Gasteiger partial charge in [0.2, 0.25) is 5.95 Å². The SMILES string of the molecule is Cn1c(N2CCN(c3ccc(Br)cc3)CC2)nc2cc(C#N)ccc21. The smallest absolute Gasteiger partial charge is 0.206 e. The Morgan fingerprint density at radius 3 is 2.36 bits per heavy atom. The van der Waals surface area contributed by atoms with E-state index in [1.807, 2.05) is 25.2 Å². The zero-order valence-corrected chi connectivity index (χ0v) is 15.6. The van der Waals surface area contributed by atoms with E-state index >= 15 is 0 Å². The van der Waals surface area contributed by atoms with Crippen molar-refractivity contribution in [1.82, 2.24) is 9.55 Å². The van der Waals surface area contributed by atoms with Crippen LogP contribution in [0.3, 0.4) is 0 Å². The number of piperazine rings is 1. The average molecular weight is 396 g/mol. The zero-order valence-electron chi connectivity index (χ0n) is 14.0. The molecular formula is C19H18BrN5. The van der Waals surface area contributed by atoms with Crippen molar-refractivity contribution >= 4 is 38.6 Å². The van der Waals surface area contributed by atoms with Gasteiger partial charge in [-0.25, -0.2) is 4.98 Å². The number of nitrogens with zero attached hydrogens (tertiary/aromatic N) is 5. The van der Waals surface area contributed by atoms with Crippen LogP contribution in [0.1, 0.15) is 5.56 Å². The summed E-state index contributed by atoms with van der Waals surface area (Å²) >= 11 is 3.49. The third-order valence-corrected chi connectivity index (χ3v) is 5.27. The first-order valence-electron chi connectivity index (χ1n) is 8.28. The molecule has 4 rings (SSSR count). The predicted octanol–water partition coefficient (Wildman–Crippen LogP) is 3.53. The van der Waals surface area contributed by atoms with E-state index in [-0.39, 0.29) is 0 Å². The maximum Gasteiger partial charge on any atom is 0.206 e. The maximum atomic E-state index is 9.07. The summed E-state index contributed by atoms with van der Waals surface area (Å²) < 4.78 is 3.22. The molecule has 2 aromatic carbocycles. The fourth-order valence-electron chi connectivity index (χ4n) is 3.36. The van der Waals surface area contributed by atoms with Crippen LogP contribution in [0, 0.1) is 11.3 Å². The molecule has 0 aliphatic carbocycles. The number of nitriles is 1. The van der Waals surface area contributed by atoms with Gasteiger partial charge in [0.15, 0.2) is 0 Å². The molecule has 5 nitrogen and oxygen atoms in total. The lowest BCUT2D eigenvalue weighted by atomic mass is 10.2. The summed E-state index contributed by atoms with van der Waals surface area (Å²) in [5.74, 6) is 0.973. The summed E-state index contributed by atoms with van der Waals surface area (Å²) in [5, 5.41) is 9.07. The molecule has 0 radical (unpaired) electrons. The van der Waals surface area contributed by atoms with Crippen LogP contribution in [-0.4, -0.2) is 35.7 Å². The highest BCUT2D eigenvalue weighted by Gasteiger charge is 2.21. The van der Waals surface area contributed by atoms with E-state index in [4.69, 9.17) is 10.2 Å². The number of fused-ring (bicyclic) bond motifs is 1. The maximum absolute atomic E-state index is 9.07. The van der Waals surface area contributed by atoms with Crippen LogP contribution < -0.4 is 9.80 Å². The summed E-state index contributed by atoms with van der Waals surface area (Å²) in [6.07, 6.45) is 0. The molecular weight excluding hydrogens is 378 g/mol. The van der Waals surface area contributed by atoms with Crippen LogP contribution in [0.5, 0.6) is 0 Å². The van der Waals surface area contributed by atoms with Crippen LogP contribution in [0.4, 0.5) is 11.6 Å². The molecule has 0 unspecified atom stereocenters. The number of aromatic nitrogens is 2. The molecule has 0 amide bonds. The molecule has 3 aromatic rings. The van der Waals surface area contributed by atoms with Crippen LogP contribution in [0.2, 0.25) is 0 Å². The molecule has 1 fully saturated rings. The van der Waals surface area contributed by atoms with Gasteiger partial charge >= 0.3 is 0 Å². The minimum Gasteiger partial charge on any atom is -0.368 e. The highest BCUT2D eigenvalue weighted by molar-refractivity contribution is 9.10. The number of aryl methyl sites for hydroxylation is 1. The Balaban J connectivity index is 1.54. The van der Waals surface area contributed by atoms with Crippen LogP contribution in [-0.2, 0) is 7.05 Å². The van der Waals surface area contributed by atoms with Crippen molar-refractivity contribution in [2.24, 2.45) is 7.05 Å². The van der Waals surface area contributed by atoms with E-state index < -0.39 is 0 Å². The average Bonchev–Trinajstić information content (AvgIpc) is 2.98. The van der Waals surface area contributed by atoms with Crippen molar-refractivity contribution in [2.75, 3.05) is 36.0 Å². The Kier molecular flexibility index (Phi) is 4.10. The minimum absolute atomic E-state index is 0.650. The molecule has 0 spiro atoms. The first kappa shape index (κ1) is 16.0. The van der Waals surface area contributed by atoms with Gasteiger partial charge in [-0.1, -0.05) is 15.9 Å². The molecule has 1 aliphatic heterocycles. The summed E-state index contributed by atoms with van der Waals surface area (Å²) in [5.41, 5.74) is 3.85. The van der Waals surface area contributed by atoms with Gasteiger partial charge < -0.3 is 14.4 Å². The lowest BCUT2D eigenvalue weighted by Crippen LogP contribution is -2.47. The van der Waals surface area contributed by atoms with Crippen LogP contribution in [0.25, 0.3) is 11.0 Å². The van der Waals surface area contributed by atoms with Crippen molar-refractivity contribution in [3.63, 3.8) is 0 Å². The van der Waals surface area contributed by atoms with Gasteiger partial charge in [0, 0.05) is 43.4 Å². The van der Waals surface area contributed by atoms with Crippen molar-refractivity contribution in [2.45, 2.75) is 0 Å². The number of halogens is 1. The predicted molar refractivity (Wildman–Crippen MR) is 104 cm³/mol. The molecule has 0 bridgehead atoms. The lowest BCUT2D eigenvalue weighted by Gasteiger charge is -2.36. The second-order valence-corrected chi connectivity index (χ2v) is 7.15. The van der Waals surface area contributed by atoms with Crippen molar-refractivity contribution in [1.29, 1.82) is 5.26 Å². The second kappa shape index (κ2) is 6.41. The van der Waals surface area contributed by atoms with E-state index in [2.05, 4.69) is 60.6 Å². The molecule has 0 atom stereocenters. The number of hydrogen-bond donors (Lipinski definition) is 0. The molecule has 0 N–H and O–H groups in total. The van der Waals surface area contributed by atoms with E-state index in [9.17, 15) is 0 Å². The quantitative estimate of drug-likeness (QED) is 0.665. The van der Waals surface area contributed by atoms with E-state index in [1.54, 1.807) is 0 Å². The highest BCUT2D eigenvalue weighted by Crippen LogP contribution is 2.25. The van der Waals surface area contributed by atoms with Crippen molar-refractivity contribution in [3.05, 3.63) is 52.5 Å². The number of imidazole rings is 1. The third kappa shape index (κ3) is 2.96. The summed E-state index contributed by atoms with van der Waals surface area (Å²) in [4.78, 5) is 9.49. The standard InChI is InChI=1S/C19H18BrN5/c1-23-18-7-2-14(13-21)12-17(18)22-19(23)25-10-8-24(9-11-25)16-5-3-15(20)4-6-16/h2-7,12H,8-11H2,1H3. The third-order valence-electron chi connectivity index (χ3n) is 4.74. The molecule has 1 saturated heterocycles. The topological polar surface area (TPSA) is 48.1 Å². The molecule has 126 valence electrons. The summed E-state index contributed by atoms with van der Waals surface area (Å²) in [7, 11) is 2.04. The normalized spacial score (nSPS) is 14.8. The Labute approximate surface area is 155 Å². The zero-order chi connectivity index (χ0) is 17.4. The lowest BCUT2D eigenvalue weighted by molar-refractivity contribution is 0.632. The van der Waals surface area contributed by atoms with E-state index in [1.165, 1.54) is 5.69 Å². The van der Waals surface area contributed by atoms with Gasteiger partial charge in [0.25, 0.3) is 0 Å². The molecule has 1 aliphatic rings. The monoisotopic (exact) mass is 395 g/mol. The van der Waals surface area contributed by atoms with Crippen LogP contribution in [0.15, 0.2) is 46.9 Å². The van der Waals surface area contributed by atoms with Gasteiger partial charge in [0.05, 0.1) is 22.7 Å². The Morgan fingerprint density at radius 1 is 1.00 bits per heavy atom. The van der Waals surface area contributed by atoms with Gasteiger partial charge in [-0.05, 0) is 42.5 Å². The molecule has 1 aromatic heterocycles. The Bertz CT molecular complexity index is 946. The first-order chi connectivity index (χ1) is 12.2. The first-order valence-corrected chi connectivity index (χ1v) is 9.07. The molecule has 25 heavy (non-hydrogen) atoms. The van der Waals surface area contributed by atoms with E-state index in [0.29, 0.717) is 5.56 Å².